The molecule has 1 atom stereocenters. The first kappa shape index (κ1) is 12.0. The highest BCUT2D eigenvalue weighted by Gasteiger charge is 2.13. The van der Waals surface area contributed by atoms with Gasteiger partial charge >= 0.3 is 0 Å². The molecular formula is C12H13FN2OS. The summed E-state index contributed by atoms with van der Waals surface area (Å²) in [5.74, 6) is -0.277. The number of nitrogens with one attached hydrogen (secondary N) is 1. The summed E-state index contributed by atoms with van der Waals surface area (Å²) in [5.41, 5.74) is 1.57. The minimum absolute atomic E-state index is 0.0550. The van der Waals surface area contributed by atoms with Gasteiger partial charge in [0.15, 0.2) is 0 Å². The molecule has 0 aliphatic heterocycles. The third kappa shape index (κ3) is 3.01. The first-order valence-electron chi connectivity index (χ1n) is 5.24. The molecule has 3 nitrogen and oxygen atoms in total. The Labute approximate surface area is 103 Å². The van der Waals surface area contributed by atoms with E-state index < -0.39 is 0 Å². The van der Waals surface area contributed by atoms with Crippen molar-refractivity contribution >= 4 is 17.0 Å². The fourth-order valence-corrected chi connectivity index (χ4v) is 2.17. The van der Waals surface area contributed by atoms with Crippen LogP contribution in [-0.2, 0) is 0 Å². The van der Waals surface area contributed by atoms with Crippen molar-refractivity contribution in [3.05, 3.63) is 46.2 Å². The van der Waals surface area contributed by atoms with Crippen LogP contribution in [0.3, 0.4) is 0 Å². The van der Waals surface area contributed by atoms with Gasteiger partial charge in [-0.15, -0.1) is 11.3 Å². The molecule has 2 rings (SSSR count). The van der Waals surface area contributed by atoms with E-state index >= 15 is 0 Å². The third-order valence-corrected chi connectivity index (χ3v) is 3.15. The molecule has 1 aromatic heterocycles. The molecule has 0 bridgehead atoms. The van der Waals surface area contributed by atoms with Gasteiger partial charge in [0.2, 0.25) is 0 Å². The molecule has 1 heterocycles. The average molecular weight is 252 g/mol. The Bertz CT molecular complexity index is 484. The van der Waals surface area contributed by atoms with Crippen LogP contribution in [0.25, 0.3) is 0 Å². The van der Waals surface area contributed by atoms with Gasteiger partial charge in [-0.1, -0.05) is 0 Å². The van der Waals surface area contributed by atoms with Crippen molar-refractivity contribution in [1.29, 1.82) is 0 Å². The zero-order chi connectivity index (χ0) is 12.3. The standard InChI is InChI=1S/C12H13FN2OS/c1-8-14-12(7-17-8)11(6-16)15-10-4-2-9(13)3-5-10/h2-5,7,11,15-16H,6H2,1H3. The van der Waals surface area contributed by atoms with Crippen LogP contribution in [0.5, 0.6) is 0 Å². The Morgan fingerprint density at radius 2 is 2.12 bits per heavy atom. The molecule has 1 aromatic carbocycles. The molecule has 5 heteroatoms. The summed E-state index contributed by atoms with van der Waals surface area (Å²) in [5, 5.41) is 15.3. The second-order valence-electron chi connectivity index (χ2n) is 3.68. The molecule has 2 aromatic rings. The maximum Gasteiger partial charge on any atom is 0.123 e. The molecule has 0 fully saturated rings. The third-order valence-electron chi connectivity index (χ3n) is 2.36. The van der Waals surface area contributed by atoms with Crippen LogP contribution in [0.4, 0.5) is 10.1 Å². The van der Waals surface area contributed by atoms with Crippen molar-refractivity contribution < 1.29 is 9.50 Å². The Morgan fingerprint density at radius 1 is 1.41 bits per heavy atom. The zero-order valence-corrected chi connectivity index (χ0v) is 10.2. The lowest BCUT2D eigenvalue weighted by atomic mass is 10.2. The smallest absolute Gasteiger partial charge is 0.123 e. The number of aromatic nitrogens is 1. The highest BCUT2D eigenvalue weighted by Crippen LogP contribution is 2.21. The molecule has 0 radical (unpaired) electrons. The number of nitrogens with zero attached hydrogens (tertiary/aromatic N) is 1. The molecule has 0 saturated carbocycles. The van der Waals surface area contributed by atoms with Crippen molar-refractivity contribution in [2.45, 2.75) is 13.0 Å². The first-order chi connectivity index (χ1) is 8.19. The maximum atomic E-state index is 12.7. The van der Waals surface area contributed by atoms with Crippen LogP contribution in [0.15, 0.2) is 29.6 Å². The average Bonchev–Trinajstić information content (AvgIpc) is 2.75. The lowest BCUT2D eigenvalue weighted by molar-refractivity contribution is 0.274. The number of hydrogen-bond donors (Lipinski definition) is 2. The van der Waals surface area contributed by atoms with E-state index in [4.69, 9.17) is 0 Å². The molecule has 0 spiro atoms. The Balaban J connectivity index is 2.12. The normalized spacial score (nSPS) is 12.4. The zero-order valence-electron chi connectivity index (χ0n) is 9.35. The monoisotopic (exact) mass is 252 g/mol. The van der Waals surface area contributed by atoms with Crippen molar-refractivity contribution in [3.8, 4) is 0 Å². The van der Waals surface area contributed by atoms with E-state index in [2.05, 4.69) is 10.3 Å². The fraction of sp³-hybridized carbons (Fsp3) is 0.250. The molecule has 1 unspecified atom stereocenters. The van der Waals surface area contributed by atoms with E-state index in [1.54, 1.807) is 12.1 Å². The van der Waals surface area contributed by atoms with Gasteiger partial charge in [-0.25, -0.2) is 9.37 Å². The molecule has 0 saturated heterocycles. The lowest BCUT2D eigenvalue weighted by Gasteiger charge is -2.15. The van der Waals surface area contributed by atoms with Gasteiger partial charge in [-0.3, -0.25) is 0 Å². The number of aliphatic hydroxyl groups excluding tert-OH is 1. The van der Waals surface area contributed by atoms with E-state index in [1.807, 2.05) is 12.3 Å². The number of benzene rings is 1. The summed E-state index contributed by atoms with van der Waals surface area (Å²) < 4.78 is 12.7. The maximum absolute atomic E-state index is 12.7. The van der Waals surface area contributed by atoms with Crippen LogP contribution in [0, 0.1) is 12.7 Å². The van der Waals surface area contributed by atoms with Gasteiger partial charge < -0.3 is 10.4 Å². The minimum Gasteiger partial charge on any atom is -0.394 e. The van der Waals surface area contributed by atoms with Gasteiger partial charge in [0, 0.05) is 11.1 Å². The first-order valence-corrected chi connectivity index (χ1v) is 6.12. The van der Waals surface area contributed by atoms with Crippen LogP contribution < -0.4 is 5.32 Å². The second kappa shape index (κ2) is 5.25. The quantitative estimate of drug-likeness (QED) is 0.879. The topological polar surface area (TPSA) is 45.2 Å². The highest BCUT2D eigenvalue weighted by molar-refractivity contribution is 7.09. The summed E-state index contributed by atoms with van der Waals surface area (Å²) in [7, 11) is 0. The van der Waals surface area contributed by atoms with Crippen molar-refractivity contribution in [3.63, 3.8) is 0 Å². The van der Waals surface area contributed by atoms with Crippen LogP contribution in [0.2, 0.25) is 0 Å². The molecule has 2 N–H and O–H groups in total. The van der Waals surface area contributed by atoms with Gasteiger partial charge in [-0.05, 0) is 31.2 Å². The Hall–Kier alpha value is -1.46. The van der Waals surface area contributed by atoms with Crippen LogP contribution in [0.1, 0.15) is 16.7 Å². The molecular weight excluding hydrogens is 239 g/mol. The van der Waals surface area contributed by atoms with E-state index in [1.165, 1.54) is 23.5 Å². The molecule has 90 valence electrons. The lowest BCUT2D eigenvalue weighted by Crippen LogP contribution is -2.15. The predicted molar refractivity (Wildman–Crippen MR) is 66.7 cm³/mol. The minimum atomic E-state index is -0.277. The van der Waals surface area contributed by atoms with Gasteiger partial charge in [0.25, 0.3) is 0 Å². The van der Waals surface area contributed by atoms with Crippen LogP contribution in [-0.4, -0.2) is 16.7 Å². The number of anilines is 1. The van der Waals surface area contributed by atoms with Crippen molar-refractivity contribution in [2.75, 3.05) is 11.9 Å². The number of halogens is 1. The number of aryl methyl sites for hydroxylation is 1. The second-order valence-corrected chi connectivity index (χ2v) is 4.74. The van der Waals surface area contributed by atoms with Gasteiger partial charge in [0.1, 0.15) is 5.82 Å². The number of thiazole rings is 1. The van der Waals surface area contributed by atoms with Gasteiger partial charge in [0.05, 0.1) is 23.4 Å². The SMILES string of the molecule is Cc1nc(C(CO)Nc2ccc(F)cc2)cs1. The summed E-state index contributed by atoms with van der Waals surface area (Å²) in [6, 6.07) is 5.77. The Kier molecular flexibility index (Phi) is 3.71. The van der Waals surface area contributed by atoms with Gasteiger partial charge in [-0.2, -0.15) is 0 Å². The molecule has 0 aliphatic carbocycles. The van der Waals surface area contributed by atoms with E-state index in [9.17, 15) is 9.50 Å². The predicted octanol–water partition coefficient (Wildman–Crippen LogP) is 2.74. The molecule has 0 aliphatic rings. The van der Waals surface area contributed by atoms with E-state index in [0.29, 0.717) is 0 Å². The largest absolute Gasteiger partial charge is 0.394 e. The summed E-state index contributed by atoms with van der Waals surface area (Å²) in [4.78, 5) is 4.32. The number of hydrogen-bond acceptors (Lipinski definition) is 4. The van der Waals surface area contributed by atoms with E-state index in [0.717, 1.165) is 16.4 Å². The Morgan fingerprint density at radius 3 is 2.65 bits per heavy atom. The number of aliphatic hydroxyl groups is 1. The van der Waals surface area contributed by atoms with Crippen molar-refractivity contribution in [1.82, 2.24) is 4.98 Å². The fourth-order valence-electron chi connectivity index (χ4n) is 1.50. The van der Waals surface area contributed by atoms with E-state index in [-0.39, 0.29) is 18.5 Å². The molecule has 17 heavy (non-hydrogen) atoms. The summed E-state index contributed by atoms with van der Waals surface area (Å²) >= 11 is 1.54. The highest BCUT2D eigenvalue weighted by atomic mass is 32.1. The van der Waals surface area contributed by atoms with Crippen LogP contribution >= 0.6 is 11.3 Å². The van der Waals surface area contributed by atoms with Crippen molar-refractivity contribution in [2.24, 2.45) is 0 Å². The molecule has 0 amide bonds. The summed E-state index contributed by atoms with van der Waals surface area (Å²) in [6.45, 7) is 1.86. The number of rotatable bonds is 4. The summed E-state index contributed by atoms with van der Waals surface area (Å²) in [6.07, 6.45) is 0.